The molecule has 27 heavy (non-hydrogen) atoms. The number of nitrogens with zero attached hydrogens (tertiary/aromatic N) is 4. The van der Waals surface area contributed by atoms with Crippen LogP contribution in [0.2, 0.25) is 0 Å². The Labute approximate surface area is 162 Å². The van der Waals surface area contributed by atoms with Gasteiger partial charge in [0.15, 0.2) is 10.8 Å². The van der Waals surface area contributed by atoms with Gasteiger partial charge >= 0.3 is 0 Å². The topological polar surface area (TPSA) is 69.9 Å². The lowest BCUT2D eigenvalue weighted by Gasteiger charge is -2.34. The molecule has 8 heteroatoms. The first kappa shape index (κ1) is 18.2. The summed E-state index contributed by atoms with van der Waals surface area (Å²) in [5.74, 6) is 0.866. The molecular weight excluding hydrogens is 364 g/mol. The second-order valence-electron chi connectivity index (χ2n) is 7.06. The number of aryl methyl sites for hydroxylation is 1. The summed E-state index contributed by atoms with van der Waals surface area (Å²) >= 11 is 1.47. The van der Waals surface area contributed by atoms with E-state index in [9.17, 15) is 9.59 Å². The van der Waals surface area contributed by atoms with Gasteiger partial charge in [-0.15, -0.1) is 11.3 Å². The molecule has 2 aliphatic rings. The second-order valence-corrected chi connectivity index (χ2v) is 8.26. The Hall–Kier alpha value is -2.19. The molecule has 2 aromatic rings. The molecule has 0 saturated carbocycles. The maximum atomic E-state index is 12.9. The highest BCUT2D eigenvalue weighted by molar-refractivity contribution is 7.15. The lowest BCUT2D eigenvalue weighted by Crippen LogP contribution is -2.51. The predicted molar refractivity (Wildman–Crippen MR) is 103 cm³/mol. The summed E-state index contributed by atoms with van der Waals surface area (Å²) in [5.41, 5.74) is 0.507. The molecule has 2 fully saturated rings. The summed E-state index contributed by atoms with van der Waals surface area (Å²) in [6.45, 7) is 6.84. The fourth-order valence-corrected chi connectivity index (χ4v) is 4.49. The van der Waals surface area contributed by atoms with E-state index >= 15 is 0 Å². The lowest BCUT2D eigenvalue weighted by atomic mass is 10.2. The molecule has 0 aromatic carbocycles. The Morgan fingerprint density at radius 2 is 1.85 bits per heavy atom. The van der Waals surface area contributed by atoms with E-state index in [1.54, 1.807) is 6.26 Å². The molecule has 4 heterocycles. The number of likely N-dealkylation sites (tertiary alicyclic amines) is 1. The van der Waals surface area contributed by atoms with Crippen LogP contribution in [0.25, 0.3) is 10.8 Å². The van der Waals surface area contributed by atoms with E-state index in [4.69, 9.17) is 4.42 Å². The quantitative estimate of drug-likeness (QED) is 0.802. The number of furan rings is 1. The molecule has 144 valence electrons. The van der Waals surface area contributed by atoms with Crippen molar-refractivity contribution >= 4 is 23.2 Å². The Morgan fingerprint density at radius 1 is 1.11 bits per heavy atom. The van der Waals surface area contributed by atoms with Crippen LogP contribution in [0.4, 0.5) is 0 Å². The first-order valence-electron chi connectivity index (χ1n) is 9.42. The molecule has 0 spiro atoms. The van der Waals surface area contributed by atoms with E-state index < -0.39 is 0 Å². The van der Waals surface area contributed by atoms with Crippen LogP contribution in [0, 0.1) is 6.92 Å². The average molecular weight is 388 g/mol. The second kappa shape index (κ2) is 7.82. The van der Waals surface area contributed by atoms with Gasteiger partial charge in [-0.05, 0) is 31.9 Å². The molecule has 0 aliphatic carbocycles. The van der Waals surface area contributed by atoms with Crippen LogP contribution in [0.15, 0.2) is 22.8 Å². The van der Waals surface area contributed by atoms with Crippen molar-refractivity contribution in [2.45, 2.75) is 19.8 Å². The highest BCUT2D eigenvalue weighted by Gasteiger charge is 2.28. The Morgan fingerprint density at radius 3 is 2.52 bits per heavy atom. The predicted octanol–water partition coefficient (Wildman–Crippen LogP) is 2.09. The summed E-state index contributed by atoms with van der Waals surface area (Å²) in [5, 5.41) is 0.732. The zero-order chi connectivity index (χ0) is 18.8. The molecule has 0 radical (unpaired) electrons. The zero-order valence-electron chi connectivity index (χ0n) is 15.5. The van der Waals surface area contributed by atoms with Gasteiger partial charge in [-0.1, -0.05) is 0 Å². The Balaban J connectivity index is 1.34. The van der Waals surface area contributed by atoms with Crippen molar-refractivity contribution in [2.75, 3.05) is 45.8 Å². The standard InChI is InChI=1S/C19H24N4O3S/c1-14-17(20-18(27-14)15-5-4-12-26-15)19(25)23-10-8-21(9-11-23)13-16(24)22-6-2-3-7-22/h4-5,12H,2-3,6-11,13H2,1H3. The van der Waals surface area contributed by atoms with Gasteiger partial charge in [0.05, 0.1) is 12.8 Å². The minimum atomic E-state index is -0.0351. The van der Waals surface area contributed by atoms with E-state index in [0.29, 0.717) is 31.1 Å². The van der Waals surface area contributed by atoms with Crippen LogP contribution in [0.1, 0.15) is 28.2 Å². The van der Waals surface area contributed by atoms with Crippen LogP contribution >= 0.6 is 11.3 Å². The first-order valence-corrected chi connectivity index (χ1v) is 10.2. The minimum absolute atomic E-state index is 0.0351. The third-order valence-corrected chi connectivity index (χ3v) is 6.19. The van der Waals surface area contributed by atoms with E-state index in [1.165, 1.54) is 11.3 Å². The molecule has 2 aromatic heterocycles. The number of thiazole rings is 1. The molecule has 2 amide bonds. The Bertz CT molecular complexity index is 803. The van der Waals surface area contributed by atoms with Crippen LogP contribution < -0.4 is 0 Å². The van der Waals surface area contributed by atoms with Crippen molar-refractivity contribution in [1.82, 2.24) is 19.7 Å². The van der Waals surface area contributed by atoms with Gasteiger partial charge in [-0.2, -0.15) is 0 Å². The Kier molecular flexibility index (Phi) is 5.27. The van der Waals surface area contributed by atoms with Crippen molar-refractivity contribution in [3.8, 4) is 10.8 Å². The molecule has 7 nitrogen and oxygen atoms in total. The third-order valence-electron chi connectivity index (χ3n) is 5.21. The van der Waals surface area contributed by atoms with Crippen LogP contribution in [-0.4, -0.2) is 77.3 Å². The number of aromatic nitrogens is 1. The molecule has 2 aliphatic heterocycles. The average Bonchev–Trinajstić information content (AvgIpc) is 3.43. The molecule has 4 rings (SSSR count). The largest absolute Gasteiger partial charge is 0.462 e. The maximum Gasteiger partial charge on any atom is 0.273 e. The molecule has 2 saturated heterocycles. The molecule has 0 N–H and O–H groups in total. The molecule has 0 unspecified atom stereocenters. The lowest BCUT2D eigenvalue weighted by molar-refractivity contribution is -0.131. The highest BCUT2D eigenvalue weighted by atomic mass is 32.1. The molecule has 0 bridgehead atoms. The number of hydrogen-bond donors (Lipinski definition) is 0. The van der Waals surface area contributed by atoms with E-state index in [1.807, 2.05) is 28.9 Å². The smallest absolute Gasteiger partial charge is 0.273 e. The monoisotopic (exact) mass is 388 g/mol. The summed E-state index contributed by atoms with van der Waals surface area (Å²) in [7, 11) is 0. The number of rotatable bonds is 4. The van der Waals surface area contributed by atoms with Crippen LogP contribution in [-0.2, 0) is 4.79 Å². The third kappa shape index (κ3) is 3.91. The minimum Gasteiger partial charge on any atom is -0.462 e. The fraction of sp³-hybridized carbons (Fsp3) is 0.526. The van der Waals surface area contributed by atoms with E-state index in [0.717, 1.165) is 48.9 Å². The van der Waals surface area contributed by atoms with Crippen molar-refractivity contribution in [3.05, 3.63) is 29.0 Å². The number of hydrogen-bond acceptors (Lipinski definition) is 6. The summed E-state index contributed by atoms with van der Waals surface area (Å²) in [6.07, 6.45) is 3.83. The number of piperazine rings is 1. The highest BCUT2D eigenvalue weighted by Crippen LogP contribution is 2.28. The van der Waals surface area contributed by atoms with Crippen molar-refractivity contribution < 1.29 is 14.0 Å². The zero-order valence-corrected chi connectivity index (χ0v) is 16.3. The fourth-order valence-electron chi connectivity index (χ4n) is 3.62. The number of carbonyl (C=O) groups excluding carboxylic acids is 2. The first-order chi connectivity index (χ1) is 13.1. The summed E-state index contributed by atoms with van der Waals surface area (Å²) in [4.78, 5) is 36.5. The van der Waals surface area contributed by atoms with Crippen molar-refractivity contribution in [3.63, 3.8) is 0 Å². The van der Waals surface area contributed by atoms with Crippen molar-refractivity contribution in [2.24, 2.45) is 0 Å². The maximum absolute atomic E-state index is 12.9. The van der Waals surface area contributed by atoms with Gasteiger partial charge in [-0.25, -0.2) is 4.98 Å². The van der Waals surface area contributed by atoms with Gasteiger partial charge in [0.2, 0.25) is 5.91 Å². The summed E-state index contributed by atoms with van der Waals surface area (Å²) in [6, 6.07) is 3.67. The van der Waals surface area contributed by atoms with Crippen LogP contribution in [0.3, 0.4) is 0 Å². The van der Waals surface area contributed by atoms with Gasteiger partial charge < -0.3 is 14.2 Å². The SMILES string of the molecule is Cc1sc(-c2ccco2)nc1C(=O)N1CCN(CC(=O)N2CCCC2)CC1. The van der Waals surface area contributed by atoms with E-state index in [2.05, 4.69) is 9.88 Å². The number of amides is 2. The van der Waals surface area contributed by atoms with Crippen LogP contribution in [0.5, 0.6) is 0 Å². The van der Waals surface area contributed by atoms with Gasteiger partial charge in [0, 0.05) is 44.1 Å². The van der Waals surface area contributed by atoms with Crippen molar-refractivity contribution in [1.29, 1.82) is 0 Å². The molecular formula is C19H24N4O3S. The summed E-state index contributed by atoms with van der Waals surface area (Å²) < 4.78 is 5.39. The van der Waals surface area contributed by atoms with Gasteiger partial charge in [0.1, 0.15) is 5.69 Å². The van der Waals surface area contributed by atoms with E-state index in [-0.39, 0.29) is 11.8 Å². The normalized spacial score (nSPS) is 18.3. The van der Waals surface area contributed by atoms with Gasteiger partial charge in [0.25, 0.3) is 5.91 Å². The number of carbonyl (C=O) groups is 2. The van der Waals surface area contributed by atoms with Gasteiger partial charge in [-0.3, -0.25) is 14.5 Å². The molecule has 0 atom stereocenters.